The molecule has 1 N–H and O–H groups in total. The van der Waals surface area contributed by atoms with Gasteiger partial charge in [-0.05, 0) is 43.7 Å². The van der Waals surface area contributed by atoms with Crippen molar-refractivity contribution in [1.82, 2.24) is 9.38 Å². The van der Waals surface area contributed by atoms with Crippen LogP contribution in [0.5, 0.6) is 0 Å². The Kier molecular flexibility index (Phi) is 3.49. The Labute approximate surface area is 126 Å². The molecule has 0 amide bonds. The number of rotatable bonds is 3. The van der Waals surface area contributed by atoms with E-state index in [-0.39, 0.29) is 0 Å². The second-order valence-corrected chi connectivity index (χ2v) is 5.80. The van der Waals surface area contributed by atoms with E-state index in [0.29, 0.717) is 0 Å². The fourth-order valence-corrected chi connectivity index (χ4v) is 2.70. The molecule has 3 rings (SSSR count). The first kappa shape index (κ1) is 13.2. The zero-order valence-electron chi connectivity index (χ0n) is 11.5. The molecule has 1 aromatic carbocycles. The second kappa shape index (κ2) is 5.29. The van der Waals surface area contributed by atoms with E-state index in [4.69, 9.17) is 0 Å². The molecule has 0 spiro atoms. The highest BCUT2D eigenvalue weighted by Gasteiger charge is 2.08. The first-order valence-corrected chi connectivity index (χ1v) is 7.37. The number of anilines is 1. The molecule has 0 bridgehead atoms. The van der Waals surface area contributed by atoms with Crippen LogP contribution < -0.4 is 5.32 Å². The molecule has 2 aromatic heterocycles. The van der Waals surface area contributed by atoms with E-state index >= 15 is 0 Å². The molecule has 3 aromatic rings. The third-order valence-corrected chi connectivity index (χ3v) is 3.97. The van der Waals surface area contributed by atoms with Gasteiger partial charge >= 0.3 is 0 Å². The number of nitrogens with zero attached hydrogens (tertiary/aromatic N) is 2. The SMILES string of the molecule is Cc1ccc(Br)cc1NCc1c(C)nc2ccccn12. The molecule has 102 valence electrons. The van der Waals surface area contributed by atoms with Crippen molar-refractivity contribution in [2.24, 2.45) is 0 Å². The Hall–Kier alpha value is -1.81. The summed E-state index contributed by atoms with van der Waals surface area (Å²) in [6.07, 6.45) is 2.06. The first-order valence-electron chi connectivity index (χ1n) is 6.58. The third kappa shape index (κ3) is 2.43. The molecular formula is C16H16BrN3. The van der Waals surface area contributed by atoms with Crippen molar-refractivity contribution >= 4 is 27.3 Å². The average Bonchev–Trinajstić information content (AvgIpc) is 2.75. The van der Waals surface area contributed by atoms with Crippen molar-refractivity contribution < 1.29 is 0 Å². The number of imidazole rings is 1. The minimum absolute atomic E-state index is 0.758. The van der Waals surface area contributed by atoms with Crippen molar-refractivity contribution in [2.75, 3.05) is 5.32 Å². The Morgan fingerprint density at radius 1 is 1.20 bits per heavy atom. The Morgan fingerprint density at radius 2 is 2.05 bits per heavy atom. The zero-order chi connectivity index (χ0) is 14.1. The normalized spacial score (nSPS) is 10.9. The number of pyridine rings is 1. The van der Waals surface area contributed by atoms with Gasteiger partial charge in [0.1, 0.15) is 5.65 Å². The minimum Gasteiger partial charge on any atom is -0.379 e. The summed E-state index contributed by atoms with van der Waals surface area (Å²) in [5, 5.41) is 3.50. The summed E-state index contributed by atoms with van der Waals surface area (Å²) in [4.78, 5) is 4.58. The summed E-state index contributed by atoms with van der Waals surface area (Å²) in [6, 6.07) is 12.3. The van der Waals surface area contributed by atoms with E-state index in [9.17, 15) is 0 Å². The molecule has 3 nitrogen and oxygen atoms in total. The van der Waals surface area contributed by atoms with Gasteiger partial charge in [0, 0.05) is 16.4 Å². The van der Waals surface area contributed by atoms with Gasteiger partial charge in [-0.25, -0.2) is 4.98 Å². The lowest BCUT2D eigenvalue weighted by Crippen LogP contribution is -2.05. The molecule has 4 heteroatoms. The number of fused-ring (bicyclic) bond motifs is 1. The molecule has 20 heavy (non-hydrogen) atoms. The van der Waals surface area contributed by atoms with E-state index in [2.05, 4.69) is 68.9 Å². The second-order valence-electron chi connectivity index (χ2n) is 4.89. The number of hydrogen-bond acceptors (Lipinski definition) is 2. The van der Waals surface area contributed by atoms with Crippen molar-refractivity contribution in [3.63, 3.8) is 0 Å². The quantitative estimate of drug-likeness (QED) is 0.775. The van der Waals surface area contributed by atoms with Crippen LogP contribution in [0, 0.1) is 13.8 Å². The lowest BCUT2D eigenvalue weighted by Gasteiger charge is -2.10. The Balaban J connectivity index is 1.90. The molecule has 0 saturated carbocycles. The van der Waals surface area contributed by atoms with Crippen LogP contribution in [0.4, 0.5) is 5.69 Å². The molecule has 0 radical (unpaired) electrons. The fourth-order valence-electron chi connectivity index (χ4n) is 2.34. The minimum atomic E-state index is 0.758. The van der Waals surface area contributed by atoms with Crippen LogP contribution in [0.25, 0.3) is 5.65 Å². The van der Waals surface area contributed by atoms with Gasteiger partial charge < -0.3 is 9.72 Å². The number of aromatic nitrogens is 2. The van der Waals surface area contributed by atoms with Gasteiger partial charge in [-0.3, -0.25) is 0 Å². The average molecular weight is 330 g/mol. The van der Waals surface area contributed by atoms with Crippen LogP contribution in [-0.2, 0) is 6.54 Å². The van der Waals surface area contributed by atoms with Gasteiger partial charge in [-0.1, -0.05) is 28.1 Å². The molecule has 0 saturated heterocycles. The smallest absolute Gasteiger partial charge is 0.137 e. The van der Waals surface area contributed by atoms with E-state index in [1.54, 1.807) is 0 Å². The predicted octanol–water partition coefficient (Wildman–Crippen LogP) is 4.33. The summed E-state index contributed by atoms with van der Waals surface area (Å²) in [7, 11) is 0. The molecular weight excluding hydrogens is 314 g/mol. The molecule has 0 aliphatic rings. The highest BCUT2D eigenvalue weighted by Crippen LogP contribution is 2.22. The maximum Gasteiger partial charge on any atom is 0.137 e. The number of nitrogens with one attached hydrogen (secondary N) is 1. The summed E-state index contributed by atoms with van der Waals surface area (Å²) in [5.74, 6) is 0. The van der Waals surface area contributed by atoms with Gasteiger partial charge in [-0.2, -0.15) is 0 Å². The lowest BCUT2D eigenvalue weighted by atomic mass is 10.2. The summed E-state index contributed by atoms with van der Waals surface area (Å²) in [5.41, 5.74) is 5.63. The topological polar surface area (TPSA) is 29.3 Å². The molecule has 2 heterocycles. The summed E-state index contributed by atoms with van der Waals surface area (Å²) >= 11 is 3.51. The van der Waals surface area contributed by atoms with Crippen LogP contribution in [0.15, 0.2) is 47.1 Å². The highest BCUT2D eigenvalue weighted by molar-refractivity contribution is 9.10. The first-order chi connectivity index (χ1) is 9.65. The molecule has 0 aliphatic heterocycles. The standard InChI is InChI=1S/C16H16BrN3/c1-11-6-7-13(17)9-14(11)18-10-15-12(2)19-16-5-3-4-8-20(15)16/h3-9,18H,10H2,1-2H3. The highest BCUT2D eigenvalue weighted by atomic mass is 79.9. The van der Waals surface area contributed by atoms with Crippen molar-refractivity contribution in [2.45, 2.75) is 20.4 Å². The molecule has 0 aliphatic carbocycles. The molecule has 0 unspecified atom stereocenters. The zero-order valence-corrected chi connectivity index (χ0v) is 13.1. The van der Waals surface area contributed by atoms with Crippen LogP contribution in [0.1, 0.15) is 17.0 Å². The third-order valence-electron chi connectivity index (χ3n) is 3.47. The van der Waals surface area contributed by atoms with E-state index in [1.807, 2.05) is 18.2 Å². The van der Waals surface area contributed by atoms with Gasteiger partial charge in [-0.15, -0.1) is 0 Å². The fraction of sp³-hybridized carbons (Fsp3) is 0.188. The van der Waals surface area contributed by atoms with Gasteiger partial charge in [0.15, 0.2) is 0 Å². The van der Waals surface area contributed by atoms with E-state index in [1.165, 1.54) is 11.3 Å². The van der Waals surface area contributed by atoms with Gasteiger partial charge in [0.25, 0.3) is 0 Å². The summed E-state index contributed by atoms with van der Waals surface area (Å²) < 4.78 is 3.22. The van der Waals surface area contributed by atoms with Crippen molar-refractivity contribution in [3.05, 3.63) is 64.0 Å². The maximum absolute atomic E-state index is 4.58. The van der Waals surface area contributed by atoms with E-state index < -0.39 is 0 Å². The molecule has 0 atom stereocenters. The number of aryl methyl sites for hydroxylation is 2. The van der Waals surface area contributed by atoms with Crippen LogP contribution in [0.2, 0.25) is 0 Å². The molecule has 0 fully saturated rings. The maximum atomic E-state index is 4.58. The number of halogens is 1. The van der Waals surface area contributed by atoms with Gasteiger partial charge in [0.2, 0.25) is 0 Å². The van der Waals surface area contributed by atoms with Crippen LogP contribution in [0.3, 0.4) is 0 Å². The van der Waals surface area contributed by atoms with Crippen LogP contribution in [-0.4, -0.2) is 9.38 Å². The van der Waals surface area contributed by atoms with Crippen molar-refractivity contribution in [3.8, 4) is 0 Å². The monoisotopic (exact) mass is 329 g/mol. The van der Waals surface area contributed by atoms with Crippen LogP contribution >= 0.6 is 15.9 Å². The summed E-state index contributed by atoms with van der Waals surface area (Å²) in [6.45, 7) is 4.92. The predicted molar refractivity (Wildman–Crippen MR) is 86.1 cm³/mol. The van der Waals surface area contributed by atoms with Crippen molar-refractivity contribution in [1.29, 1.82) is 0 Å². The van der Waals surface area contributed by atoms with E-state index in [0.717, 1.165) is 28.0 Å². The van der Waals surface area contributed by atoms with Gasteiger partial charge in [0.05, 0.1) is 17.9 Å². The lowest BCUT2D eigenvalue weighted by molar-refractivity contribution is 0.984. The Bertz CT molecular complexity index is 762. The largest absolute Gasteiger partial charge is 0.379 e. The number of benzene rings is 1. The number of hydrogen-bond donors (Lipinski definition) is 1. The Morgan fingerprint density at radius 3 is 2.90 bits per heavy atom.